The van der Waals surface area contributed by atoms with Gasteiger partial charge >= 0.3 is 0 Å². The predicted octanol–water partition coefficient (Wildman–Crippen LogP) is 3.67. The van der Waals surface area contributed by atoms with Gasteiger partial charge in [0.05, 0.1) is 13.7 Å². The average molecular weight is 284 g/mol. The Balaban J connectivity index is 1.67. The Hall–Kier alpha value is -2.29. The lowest BCUT2D eigenvalue weighted by atomic mass is 10.1. The van der Waals surface area contributed by atoms with E-state index in [1.54, 1.807) is 7.11 Å². The van der Waals surface area contributed by atoms with Gasteiger partial charge in [0.2, 0.25) is 0 Å². The zero-order valence-corrected chi connectivity index (χ0v) is 12.2. The Labute approximate surface area is 125 Å². The van der Waals surface area contributed by atoms with Crippen molar-refractivity contribution in [3.05, 3.63) is 60.2 Å². The van der Waals surface area contributed by atoms with E-state index >= 15 is 0 Å². The second-order valence-corrected chi connectivity index (χ2v) is 4.80. The van der Waals surface area contributed by atoms with E-state index in [1.807, 2.05) is 54.6 Å². The maximum absolute atomic E-state index is 11.8. The summed E-state index contributed by atoms with van der Waals surface area (Å²) in [5, 5.41) is 0. The summed E-state index contributed by atoms with van der Waals surface area (Å²) in [6.45, 7) is 0.436. The topological polar surface area (TPSA) is 35.5 Å². The Morgan fingerprint density at radius 1 is 0.905 bits per heavy atom. The average Bonchev–Trinajstić information content (AvgIpc) is 2.54. The highest BCUT2D eigenvalue weighted by molar-refractivity contribution is 5.78. The van der Waals surface area contributed by atoms with E-state index < -0.39 is 0 Å². The third kappa shape index (κ3) is 5.30. The quantitative estimate of drug-likeness (QED) is 0.742. The van der Waals surface area contributed by atoms with E-state index in [9.17, 15) is 4.79 Å². The van der Waals surface area contributed by atoms with Crippen molar-refractivity contribution in [3.8, 4) is 11.5 Å². The summed E-state index contributed by atoms with van der Waals surface area (Å²) in [7, 11) is 1.64. The molecule has 0 aliphatic carbocycles. The molecular formula is C18H20O3. The van der Waals surface area contributed by atoms with Gasteiger partial charge in [0.1, 0.15) is 17.3 Å². The number of Topliss-reactive ketones (excluding diaryl/α,β-unsaturated/α-hetero) is 1. The van der Waals surface area contributed by atoms with Gasteiger partial charge in [-0.2, -0.15) is 0 Å². The first-order chi connectivity index (χ1) is 10.3. The highest BCUT2D eigenvalue weighted by atomic mass is 16.5. The summed E-state index contributed by atoms with van der Waals surface area (Å²) in [5.41, 5.74) is 1.15. The van der Waals surface area contributed by atoms with Gasteiger partial charge in [0.25, 0.3) is 0 Å². The number of rotatable bonds is 8. The first-order valence-electron chi connectivity index (χ1n) is 7.10. The van der Waals surface area contributed by atoms with Crippen molar-refractivity contribution < 1.29 is 14.3 Å². The molecule has 0 fully saturated rings. The van der Waals surface area contributed by atoms with Crippen LogP contribution in [0.15, 0.2) is 54.6 Å². The molecule has 2 aromatic carbocycles. The highest BCUT2D eigenvalue weighted by Gasteiger charge is 2.04. The molecule has 0 radical (unpaired) electrons. The van der Waals surface area contributed by atoms with Crippen molar-refractivity contribution in [2.75, 3.05) is 13.7 Å². The maximum Gasteiger partial charge on any atom is 0.136 e. The van der Waals surface area contributed by atoms with E-state index in [2.05, 4.69) is 0 Å². The van der Waals surface area contributed by atoms with Crippen LogP contribution in [0.1, 0.15) is 18.4 Å². The molecule has 0 N–H and O–H groups in total. The number of hydrogen-bond donors (Lipinski definition) is 0. The third-order valence-corrected chi connectivity index (χ3v) is 3.24. The lowest BCUT2D eigenvalue weighted by molar-refractivity contribution is -0.119. The molecule has 3 nitrogen and oxygen atoms in total. The largest absolute Gasteiger partial charge is 0.497 e. The number of carbonyl (C=O) groups is 1. The van der Waals surface area contributed by atoms with E-state index in [4.69, 9.17) is 9.47 Å². The highest BCUT2D eigenvalue weighted by Crippen LogP contribution is 2.13. The molecule has 2 rings (SSSR count). The van der Waals surface area contributed by atoms with Crippen molar-refractivity contribution >= 4 is 5.78 Å². The monoisotopic (exact) mass is 284 g/mol. The molecule has 21 heavy (non-hydrogen) atoms. The van der Waals surface area contributed by atoms with Crippen LogP contribution >= 0.6 is 0 Å². The van der Waals surface area contributed by atoms with Crippen LogP contribution in [-0.2, 0) is 11.2 Å². The second-order valence-electron chi connectivity index (χ2n) is 4.80. The fourth-order valence-corrected chi connectivity index (χ4v) is 2.00. The molecule has 0 bridgehead atoms. The Morgan fingerprint density at radius 3 is 2.29 bits per heavy atom. The first-order valence-corrected chi connectivity index (χ1v) is 7.10. The summed E-state index contributed by atoms with van der Waals surface area (Å²) in [4.78, 5) is 11.8. The van der Waals surface area contributed by atoms with Crippen LogP contribution in [0.4, 0.5) is 0 Å². The van der Waals surface area contributed by atoms with Gasteiger partial charge < -0.3 is 9.47 Å². The number of hydrogen-bond acceptors (Lipinski definition) is 3. The van der Waals surface area contributed by atoms with Gasteiger partial charge in [-0.1, -0.05) is 30.3 Å². The molecule has 0 amide bonds. The lowest BCUT2D eigenvalue weighted by Crippen LogP contribution is -2.07. The first kappa shape index (κ1) is 15.1. The van der Waals surface area contributed by atoms with Crippen LogP contribution in [0, 0.1) is 0 Å². The van der Waals surface area contributed by atoms with E-state index in [-0.39, 0.29) is 5.78 Å². The van der Waals surface area contributed by atoms with Gasteiger partial charge in [-0.05, 0) is 36.2 Å². The number of ketones is 1. The van der Waals surface area contributed by atoms with E-state index in [0.717, 1.165) is 23.5 Å². The Bertz CT molecular complexity index is 546. The number of methoxy groups -OCH3 is 1. The van der Waals surface area contributed by atoms with E-state index in [0.29, 0.717) is 19.4 Å². The van der Waals surface area contributed by atoms with Crippen molar-refractivity contribution in [2.24, 2.45) is 0 Å². The molecular weight excluding hydrogens is 264 g/mol. The number of para-hydroxylation sites is 1. The molecule has 2 aromatic rings. The molecule has 0 atom stereocenters. The maximum atomic E-state index is 11.8. The van der Waals surface area contributed by atoms with Gasteiger partial charge in [-0.25, -0.2) is 0 Å². The Morgan fingerprint density at radius 2 is 1.62 bits per heavy atom. The molecule has 0 saturated heterocycles. The molecule has 0 saturated carbocycles. The summed E-state index contributed by atoms with van der Waals surface area (Å²) in [5.74, 6) is 1.86. The number of aryl methyl sites for hydroxylation is 1. The molecule has 0 aliphatic rings. The summed E-state index contributed by atoms with van der Waals surface area (Å²) in [6.07, 6.45) is 1.75. The number of carbonyl (C=O) groups excluding carboxylic acids is 1. The predicted molar refractivity (Wildman–Crippen MR) is 82.9 cm³/mol. The summed E-state index contributed by atoms with van der Waals surface area (Å²) in [6, 6.07) is 17.4. The number of benzene rings is 2. The Kier molecular flexibility index (Phi) is 5.83. The molecule has 0 aromatic heterocycles. The normalized spacial score (nSPS) is 10.1. The van der Waals surface area contributed by atoms with Crippen LogP contribution < -0.4 is 9.47 Å². The van der Waals surface area contributed by atoms with Gasteiger partial charge in [-0.3, -0.25) is 4.79 Å². The fraction of sp³-hybridized carbons (Fsp3) is 0.278. The van der Waals surface area contributed by atoms with Crippen LogP contribution in [-0.4, -0.2) is 19.5 Å². The van der Waals surface area contributed by atoms with Gasteiger partial charge in [0.15, 0.2) is 0 Å². The van der Waals surface area contributed by atoms with Crippen LogP contribution in [0.25, 0.3) is 0 Å². The molecule has 3 heteroatoms. The standard InChI is InChI=1S/C18H20O3/c1-20-17-11-8-15(9-12-17)7-10-16(19)13-14-21-18-5-3-2-4-6-18/h2-6,8-9,11-12H,7,10,13-14H2,1H3. The van der Waals surface area contributed by atoms with Crippen LogP contribution in [0.3, 0.4) is 0 Å². The van der Waals surface area contributed by atoms with Gasteiger partial charge in [-0.15, -0.1) is 0 Å². The third-order valence-electron chi connectivity index (χ3n) is 3.24. The van der Waals surface area contributed by atoms with Crippen LogP contribution in [0.5, 0.6) is 11.5 Å². The summed E-state index contributed by atoms with van der Waals surface area (Å²) >= 11 is 0. The van der Waals surface area contributed by atoms with E-state index in [1.165, 1.54) is 0 Å². The molecule has 110 valence electrons. The lowest BCUT2D eigenvalue weighted by Gasteiger charge is -2.06. The molecule has 0 aliphatic heterocycles. The smallest absolute Gasteiger partial charge is 0.136 e. The SMILES string of the molecule is COc1ccc(CCC(=O)CCOc2ccccc2)cc1. The zero-order chi connectivity index (χ0) is 14.9. The number of ether oxygens (including phenoxy) is 2. The van der Waals surface area contributed by atoms with Gasteiger partial charge in [0, 0.05) is 12.8 Å². The van der Waals surface area contributed by atoms with Crippen molar-refractivity contribution in [2.45, 2.75) is 19.3 Å². The minimum atomic E-state index is 0.224. The van der Waals surface area contributed by atoms with Crippen molar-refractivity contribution in [3.63, 3.8) is 0 Å². The second kappa shape index (κ2) is 8.10. The minimum Gasteiger partial charge on any atom is -0.497 e. The van der Waals surface area contributed by atoms with Crippen molar-refractivity contribution in [1.82, 2.24) is 0 Å². The molecule has 0 unspecified atom stereocenters. The minimum absolute atomic E-state index is 0.224. The summed E-state index contributed by atoms with van der Waals surface area (Å²) < 4.78 is 10.6. The van der Waals surface area contributed by atoms with Crippen molar-refractivity contribution in [1.29, 1.82) is 0 Å². The fourth-order valence-electron chi connectivity index (χ4n) is 2.00. The molecule has 0 heterocycles. The zero-order valence-electron chi connectivity index (χ0n) is 12.2. The molecule has 0 spiro atoms. The van der Waals surface area contributed by atoms with Crippen LogP contribution in [0.2, 0.25) is 0 Å².